The van der Waals surface area contributed by atoms with Crippen LogP contribution in [0.5, 0.6) is 0 Å². The van der Waals surface area contributed by atoms with E-state index in [0.717, 1.165) is 33.4 Å². The summed E-state index contributed by atoms with van der Waals surface area (Å²) in [6.45, 7) is 0. The number of hydrogen-bond acceptors (Lipinski definition) is 3. The summed E-state index contributed by atoms with van der Waals surface area (Å²) in [6, 6.07) is 45.6. The van der Waals surface area contributed by atoms with Gasteiger partial charge in [0.2, 0.25) is 0 Å². The first-order valence-corrected chi connectivity index (χ1v) is 14.7. The van der Waals surface area contributed by atoms with Crippen LogP contribution in [0.3, 0.4) is 0 Å². The van der Waals surface area contributed by atoms with Crippen LogP contribution in [0.4, 0.5) is 0 Å². The lowest BCUT2D eigenvalue weighted by Crippen LogP contribution is -2.00. The normalized spacial score (nSPS) is 11.9. The van der Waals surface area contributed by atoms with Crippen molar-refractivity contribution in [3.8, 4) is 55.8 Å². The first kappa shape index (κ1) is 22.7. The Labute approximate surface area is 241 Å². The Morgan fingerprint density at radius 1 is 0.439 bits per heavy atom. The first-order chi connectivity index (χ1) is 20.3. The highest BCUT2D eigenvalue weighted by Crippen LogP contribution is 2.49. The van der Waals surface area contributed by atoms with Crippen molar-refractivity contribution >= 4 is 42.5 Å². The number of nitrogens with zero attached hydrogens (tertiary/aromatic N) is 2. The van der Waals surface area contributed by atoms with Crippen molar-refractivity contribution in [3.05, 3.63) is 134 Å². The maximum absolute atomic E-state index is 5.42. The number of fused-ring (bicyclic) bond motifs is 13. The Balaban J connectivity index is 1.39. The van der Waals surface area contributed by atoms with Crippen LogP contribution in [0.2, 0.25) is 0 Å². The maximum atomic E-state index is 5.42. The third kappa shape index (κ3) is 3.30. The second-order valence-electron chi connectivity index (χ2n) is 10.5. The highest BCUT2D eigenvalue weighted by molar-refractivity contribution is 7.26. The van der Waals surface area contributed by atoms with E-state index in [2.05, 4.69) is 127 Å². The van der Waals surface area contributed by atoms with Crippen molar-refractivity contribution in [1.29, 1.82) is 0 Å². The van der Waals surface area contributed by atoms with Crippen LogP contribution in [0.1, 0.15) is 0 Å². The zero-order valence-corrected chi connectivity index (χ0v) is 22.8. The van der Waals surface area contributed by atoms with Gasteiger partial charge in [0, 0.05) is 43.1 Å². The molecule has 8 aromatic rings. The summed E-state index contributed by atoms with van der Waals surface area (Å²) in [6.07, 6.45) is 2.04. The molecule has 3 aromatic heterocycles. The molecule has 190 valence electrons. The predicted octanol–water partition coefficient (Wildman–Crippen LogP) is 10.6. The second-order valence-corrected chi connectivity index (χ2v) is 11.6. The standard InChI is InChI=1S/C38H22N2S/c1-2-11-24-23(10-1)25-12-3-4-14-27(25)32-22-39-34-21-20-33(40-37(34)36(32)29-16-6-5-13-26(24)29)31-18-9-17-30-28-15-7-8-19-35(28)41-38(30)31/h1-22H. The van der Waals surface area contributed by atoms with Crippen LogP contribution < -0.4 is 0 Å². The Morgan fingerprint density at radius 2 is 1.00 bits per heavy atom. The van der Waals surface area contributed by atoms with Gasteiger partial charge in [-0.2, -0.15) is 0 Å². The number of thiophene rings is 1. The molecule has 0 amide bonds. The molecule has 1 aliphatic rings. The molecule has 41 heavy (non-hydrogen) atoms. The zero-order valence-electron chi connectivity index (χ0n) is 22.0. The lowest BCUT2D eigenvalue weighted by molar-refractivity contribution is 1.34. The third-order valence-corrected chi connectivity index (χ3v) is 9.53. The molecule has 1 aliphatic carbocycles. The summed E-state index contributed by atoms with van der Waals surface area (Å²) in [5.74, 6) is 0. The van der Waals surface area contributed by atoms with Gasteiger partial charge in [0.1, 0.15) is 0 Å². The number of aromatic nitrogens is 2. The van der Waals surface area contributed by atoms with Crippen LogP contribution in [0.15, 0.2) is 134 Å². The molecule has 0 fully saturated rings. The van der Waals surface area contributed by atoms with Crippen LogP contribution in [-0.2, 0) is 0 Å². The largest absolute Gasteiger partial charge is 0.254 e. The maximum Gasteiger partial charge on any atom is 0.0978 e. The second kappa shape index (κ2) is 8.69. The molecule has 9 rings (SSSR count). The van der Waals surface area contributed by atoms with Crippen LogP contribution in [0, 0.1) is 0 Å². The molecule has 5 aromatic carbocycles. The van der Waals surface area contributed by atoms with Crippen LogP contribution in [0.25, 0.3) is 87.0 Å². The molecule has 3 heterocycles. The Bertz CT molecular complexity index is 2320. The molecule has 2 nitrogen and oxygen atoms in total. The zero-order chi connectivity index (χ0) is 26.9. The SMILES string of the molecule is c1ccc2c(c1)-c1ccccc1-c1cnc3ccc(-c4cccc5c4sc4ccccc45)nc3c1-c1ccccc1-2. The van der Waals surface area contributed by atoms with E-state index in [9.17, 15) is 0 Å². The monoisotopic (exact) mass is 538 g/mol. The number of pyridine rings is 2. The summed E-state index contributed by atoms with van der Waals surface area (Å²) in [4.78, 5) is 10.4. The van der Waals surface area contributed by atoms with E-state index >= 15 is 0 Å². The topological polar surface area (TPSA) is 25.8 Å². The van der Waals surface area contributed by atoms with E-state index < -0.39 is 0 Å². The summed E-state index contributed by atoms with van der Waals surface area (Å²) in [5.41, 5.74) is 13.5. The summed E-state index contributed by atoms with van der Waals surface area (Å²) < 4.78 is 2.57. The fourth-order valence-electron chi connectivity index (χ4n) is 6.48. The van der Waals surface area contributed by atoms with E-state index in [1.165, 1.54) is 53.6 Å². The molecular formula is C38H22N2S. The minimum absolute atomic E-state index is 0.900. The minimum atomic E-state index is 0.900. The molecule has 3 heteroatoms. The van der Waals surface area contributed by atoms with E-state index in [-0.39, 0.29) is 0 Å². The van der Waals surface area contributed by atoms with Gasteiger partial charge in [-0.1, -0.05) is 109 Å². The molecule has 0 aliphatic heterocycles. The molecule has 0 unspecified atom stereocenters. The van der Waals surface area contributed by atoms with Gasteiger partial charge in [0.25, 0.3) is 0 Å². The van der Waals surface area contributed by atoms with Gasteiger partial charge in [0.05, 0.1) is 16.7 Å². The third-order valence-electron chi connectivity index (χ3n) is 8.31. The van der Waals surface area contributed by atoms with Crippen molar-refractivity contribution < 1.29 is 0 Å². The van der Waals surface area contributed by atoms with Gasteiger partial charge in [0.15, 0.2) is 0 Å². The fraction of sp³-hybridized carbons (Fsp3) is 0. The number of hydrogen-bond donors (Lipinski definition) is 0. The highest BCUT2D eigenvalue weighted by Gasteiger charge is 2.24. The van der Waals surface area contributed by atoms with E-state index in [4.69, 9.17) is 9.97 Å². The molecule has 0 atom stereocenters. The summed E-state index contributed by atoms with van der Waals surface area (Å²) in [5, 5.41) is 2.58. The highest BCUT2D eigenvalue weighted by atomic mass is 32.1. The van der Waals surface area contributed by atoms with Crippen molar-refractivity contribution in [2.45, 2.75) is 0 Å². The smallest absolute Gasteiger partial charge is 0.0978 e. The van der Waals surface area contributed by atoms with E-state index in [1.807, 2.05) is 17.5 Å². The number of rotatable bonds is 1. The Hall–Kier alpha value is -5.12. The van der Waals surface area contributed by atoms with Crippen molar-refractivity contribution in [1.82, 2.24) is 9.97 Å². The van der Waals surface area contributed by atoms with Gasteiger partial charge in [-0.3, -0.25) is 4.98 Å². The molecule has 0 bridgehead atoms. The van der Waals surface area contributed by atoms with Crippen LogP contribution in [-0.4, -0.2) is 9.97 Å². The van der Waals surface area contributed by atoms with E-state index in [1.54, 1.807) is 0 Å². The van der Waals surface area contributed by atoms with Crippen LogP contribution >= 0.6 is 11.3 Å². The van der Waals surface area contributed by atoms with Gasteiger partial charge in [-0.15, -0.1) is 11.3 Å². The van der Waals surface area contributed by atoms with Crippen molar-refractivity contribution in [2.24, 2.45) is 0 Å². The quantitative estimate of drug-likeness (QED) is 0.208. The van der Waals surface area contributed by atoms with Gasteiger partial charge >= 0.3 is 0 Å². The van der Waals surface area contributed by atoms with Crippen molar-refractivity contribution in [2.75, 3.05) is 0 Å². The molecule has 0 saturated carbocycles. The Kier molecular flexibility index (Phi) is 4.80. The first-order valence-electron chi connectivity index (χ1n) is 13.8. The molecule has 0 N–H and O–H groups in total. The molecule has 0 saturated heterocycles. The van der Waals surface area contributed by atoms with Gasteiger partial charge in [-0.05, 0) is 51.6 Å². The average Bonchev–Trinajstić information content (AvgIpc) is 3.42. The predicted molar refractivity (Wildman–Crippen MR) is 173 cm³/mol. The minimum Gasteiger partial charge on any atom is -0.254 e. The van der Waals surface area contributed by atoms with Gasteiger partial charge < -0.3 is 0 Å². The molecule has 0 spiro atoms. The lowest BCUT2D eigenvalue weighted by Gasteiger charge is -2.23. The van der Waals surface area contributed by atoms with E-state index in [0.29, 0.717) is 0 Å². The molecule has 0 radical (unpaired) electrons. The fourth-order valence-corrected chi connectivity index (χ4v) is 7.71. The lowest BCUT2D eigenvalue weighted by atomic mass is 9.81. The van der Waals surface area contributed by atoms with Gasteiger partial charge in [-0.25, -0.2) is 4.98 Å². The summed E-state index contributed by atoms with van der Waals surface area (Å²) in [7, 11) is 0. The van der Waals surface area contributed by atoms with Crippen molar-refractivity contribution in [3.63, 3.8) is 0 Å². The summed E-state index contributed by atoms with van der Waals surface area (Å²) >= 11 is 1.84. The average molecular weight is 539 g/mol. The number of benzene rings is 5. The molecular weight excluding hydrogens is 516 g/mol. The Morgan fingerprint density at radius 3 is 1.73 bits per heavy atom.